The number of aromatic nitrogens is 2. The van der Waals surface area contributed by atoms with Gasteiger partial charge in [-0.1, -0.05) is 44.5 Å². The van der Waals surface area contributed by atoms with Gasteiger partial charge < -0.3 is 4.74 Å². The summed E-state index contributed by atoms with van der Waals surface area (Å²) in [4.78, 5) is 9.11. The second kappa shape index (κ2) is 5.41. The van der Waals surface area contributed by atoms with Crippen LogP contribution in [0.25, 0.3) is 11.3 Å². The third-order valence-corrected chi connectivity index (χ3v) is 3.49. The van der Waals surface area contributed by atoms with Gasteiger partial charge in [-0.05, 0) is 19.1 Å². The summed E-state index contributed by atoms with van der Waals surface area (Å²) < 4.78 is 5.42. The number of hydrogen-bond acceptors (Lipinski definition) is 3. The normalized spacial score (nSPS) is 11.5. The Labute approximate surface area is 125 Å². The molecule has 0 aliphatic rings. The molecule has 20 heavy (non-hydrogen) atoms. The Morgan fingerprint density at radius 2 is 1.75 bits per heavy atom. The Morgan fingerprint density at radius 1 is 1.10 bits per heavy atom. The molecule has 1 heterocycles. The van der Waals surface area contributed by atoms with Gasteiger partial charge in [0.05, 0.1) is 12.8 Å². The molecule has 0 saturated heterocycles. The molecule has 0 radical (unpaired) electrons. The summed E-state index contributed by atoms with van der Waals surface area (Å²) in [5.74, 6) is 1.51. The molecule has 1 aromatic heterocycles. The van der Waals surface area contributed by atoms with Crippen molar-refractivity contribution in [3.8, 4) is 17.0 Å². The second-order valence-electron chi connectivity index (χ2n) is 5.76. The van der Waals surface area contributed by atoms with Gasteiger partial charge >= 0.3 is 0 Å². The van der Waals surface area contributed by atoms with Crippen molar-refractivity contribution in [1.29, 1.82) is 0 Å². The van der Waals surface area contributed by atoms with E-state index in [1.54, 1.807) is 7.11 Å². The highest BCUT2D eigenvalue weighted by molar-refractivity contribution is 6.30. The maximum Gasteiger partial charge on any atom is 0.136 e. The van der Waals surface area contributed by atoms with Crippen LogP contribution in [0.1, 0.15) is 32.2 Å². The van der Waals surface area contributed by atoms with Crippen molar-refractivity contribution in [2.24, 2.45) is 0 Å². The minimum atomic E-state index is -0.159. The zero-order valence-corrected chi connectivity index (χ0v) is 13.2. The number of para-hydroxylation sites is 1. The van der Waals surface area contributed by atoms with E-state index in [1.165, 1.54) is 0 Å². The van der Waals surface area contributed by atoms with Crippen LogP contribution in [-0.4, -0.2) is 17.1 Å². The first kappa shape index (κ1) is 14.8. The number of hydrogen-bond donors (Lipinski definition) is 0. The molecular weight excluding hydrogens is 272 g/mol. The van der Waals surface area contributed by atoms with E-state index < -0.39 is 0 Å². The quantitative estimate of drug-likeness (QED) is 0.768. The first-order chi connectivity index (χ1) is 9.34. The molecule has 106 valence electrons. The van der Waals surface area contributed by atoms with Crippen molar-refractivity contribution in [2.75, 3.05) is 7.11 Å². The Balaban J connectivity index is 2.70. The van der Waals surface area contributed by atoms with Gasteiger partial charge in [0.25, 0.3) is 0 Å². The lowest BCUT2D eigenvalue weighted by Gasteiger charge is -2.19. The number of halogens is 1. The van der Waals surface area contributed by atoms with Crippen LogP contribution in [0.3, 0.4) is 0 Å². The van der Waals surface area contributed by atoms with Crippen LogP contribution in [0.15, 0.2) is 24.3 Å². The summed E-state index contributed by atoms with van der Waals surface area (Å²) in [6.07, 6.45) is 0. The number of methoxy groups -OCH3 is 1. The van der Waals surface area contributed by atoms with Crippen LogP contribution in [0.4, 0.5) is 0 Å². The van der Waals surface area contributed by atoms with Gasteiger partial charge in [-0.15, -0.1) is 0 Å². The lowest BCUT2D eigenvalue weighted by atomic mass is 9.95. The van der Waals surface area contributed by atoms with E-state index in [9.17, 15) is 0 Å². The number of rotatable bonds is 2. The van der Waals surface area contributed by atoms with E-state index in [4.69, 9.17) is 21.3 Å². The van der Waals surface area contributed by atoms with Crippen molar-refractivity contribution in [3.63, 3.8) is 0 Å². The van der Waals surface area contributed by atoms with E-state index >= 15 is 0 Å². The molecule has 0 atom stereocenters. The SMILES string of the molecule is COc1ccccc1-c1nc(C(C)(C)C)nc(Cl)c1C. The molecule has 1 aromatic carbocycles. The molecule has 0 saturated carbocycles. The molecular formula is C16H19ClN2O. The summed E-state index contributed by atoms with van der Waals surface area (Å²) in [5, 5.41) is 0.492. The topological polar surface area (TPSA) is 35.0 Å². The smallest absolute Gasteiger partial charge is 0.136 e. The van der Waals surface area contributed by atoms with Crippen molar-refractivity contribution in [3.05, 3.63) is 40.8 Å². The maximum atomic E-state index is 6.28. The molecule has 2 rings (SSSR count). The second-order valence-corrected chi connectivity index (χ2v) is 6.12. The molecule has 0 aliphatic carbocycles. The molecule has 0 unspecified atom stereocenters. The first-order valence-electron chi connectivity index (χ1n) is 6.52. The van der Waals surface area contributed by atoms with Crippen molar-refractivity contribution >= 4 is 11.6 Å². The summed E-state index contributed by atoms with van der Waals surface area (Å²) in [6.45, 7) is 8.14. The molecule has 2 aromatic rings. The lowest BCUT2D eigenvalue weighted by Crippen LogP contribution is -2.17. The van der Waals surface area contributed by atoms with Gasteiger partial charge in [0.15, 0.2) is 0 Å². The van der Waals surface area contributed by atoms with Crippen LogP contribution in [0.5, 0.6) is 5.75 Å². The van der Waals surface area contributed by atoms with Gasteiger partial charge in [0.2, 0.25) is 0 Å². The van der Waals surface area contributed by atoms with E-state index in [-0.39, 0.29) is 5.41 Å². The number of ether oxygens (including phenoxy) is 1. The van der Waals surface area contributed by atoms with Crippen molar-refractivity contribution < 1.29 is 4.74 Å². The molecule has 0 amide bonds. The van der Waals surface area contributed by atoms with Gasteiger partial charge in [0, 0.05) is 16.5 Å². The fourth-order valence-corrected chi connectivity index (χ4v) is 2.10. The van der Waals surface area contributed by atoms with Crippen LogP contribution >= 0.6 is 11.6 Å². The Morgan fingerprint density at radius 3 is 2.35 bits per heavy atom. The highest BCUT2D eigenvalue weighted by Crippen LogP contribution is 2.34. The molecule has 0 N–H and O–H groups in total. The van der Waals surface area contributed by atoms with Crippen molar-refractivity contribution in [2.45, 2.75) is 33.1 Å². The van der Waals surface area contributed by atoms with E-state index in [2.05, 4.69) is 25.8 Å². The summed E-state index contributed by atoms with van der Waals surface area (Å²) >= 11 is 6.28. The minimum absolute atomic E-state index is 0.159. The van der Waals surface area contributed by atoms with Crippen molar-refractivity contribution in [1.82, 2.24) is 9.97 Å². The fourth-order valence-electron chi connectivity index (χ4n) is 1.93. The van der Waals surface area contributed by atoms with E-state index in [1.807, 2.05) is 31.2 Å². The molecule has 3 nitrogen and oxygen atoms in total. The maximum absolute atomic E-state index is 6.28. The Bertz CT molecular complexity index is 633. The predicted molar refractivity (Wildman–Crippen MR) is 82.5 cm³/mol. The third-order valence-electron chi connectivity index (χ3n) is 3.12. The van der Waals surface area contributed by atoms with E-state index in [0.717, 1.165) is 28.4 Å². The highest BCUT2D eigenvalue weighted by atomic mass is 35.5. The van der Waals surface area contributed by atoms with Gasteiger partial charge in [0.1, 0.15) is 16.7 Å². The summed E-state index contributed by atoms with van der Waals surface area (Å²) in [7, 11) is 1.65. The van der Waals surface area contributed by atoms with Gasteiger partial charge in [-0.2, -0.15) is 0 Å². The molecule has 0 aliphatic heterocycles. The molecule has 0 fully saturated rings. The van der Waals surface area contributed by atoms with Gasteiger partial charge in [-0.25, -0.2) is 9.97 Å². The Hall–Kier alpha value is -1.61. The monoisotopic (exact) mass is 290 g/mol. The van der Waals surface area contributed by atoms with Crippen LogP contribution in [0, 0.1) is 6.92 Å². The molecule has 0 spiro atoms. The average Bonchev–Trinajstić information content (AvgIpc) is 2.40. The third kappa shape index (κ3) is 2.78. The largest absolute Gasteiger partial charge is 0.496 e. The molecule has 0 bridgehead atoms. The first-order valence-corrected chi connectivity index (χ1v) is 6.90. The zero-order valence-electron chi connectivity index (χ0n) is 12.5. The Kier molecular flexibility index (Phi) is 4.00. The van der Waals surface area contributed by atoms with Gasteiger partial charge in [-0.3, -0.25) is 0 Å². The zero-order chi connectivity index (χ0) is 14.9. The number of nitrogens with zero attached hydrogens (tertiary/aromatic N) is 2. The van der Waals surface area contributed by atoms with Crippen LogP contribution in [-0.2, 0) is 5.41 Å². The standard InChI is InChI=1S/C16H19ClN2O/c1-10-13(11-8-6-7-9-12(11)20-5)18-15(16(2,3)4)19-14(10)17/h6-9H,1-5H3. The fraction of sp³-hybridized carbons (Fsp3) is 0.375. The molecule has 4 heteroatoms. The summed E-state index contributed by atoms with van der Waals surface area (Å²) in [6, 6.07) is 7.80. The predicted octanol–water partition coefficient (Wildman–Crippen LogP) is 4.41. The van der Waals surface area contributed by atoms with Crippen LogP contribution < -0.4 is 4.74 Å². The van der Waals surface area contributed by atoms with Crippen LogP contribution in [0.2, 0.25) is 5.15 Å². The van der Waals surface area contributed by atoms with E-state index in [0.29, 0.717) is 5.15 Å². The highest BCUT2D eigenvalue weighted by Gasteiger charge is 2.22. The number of benzene rings is 1. The lowest BCUT2D eigenvalue weighted by molar-refractivity contribution is 0.416. The summed E-state index contributed by atoms with van der Waals surface area (Å²) in [5.41, 5.74) is 2.47. The minimum Gasteiger partial charge on any atom is -0.496 e. The average molecular weight is 291 g/mol.